The molecule has 0 aliphatic rings. The van der Waals surface area contributed by atoms with Crippen molar-refractivity contribution in [3.63, 3.8) is 0 Å². The van der Waals surface area contributed by atoms with E-state index < -0.39 is 11.8 Å². The standard InChI is InChI=1S/C9H10FNO3/c1-11(13)8-4-3-6(5-7(8)10)9(12)14-2/h3-5,13H,1-2H3. The number of hydroxylamine groups is 1. The van der Waals surface area contributed by atoms with Gasteiger partial charge in [0, 0.05) is 7.05 Å². The number of ether oxygens (including phenoxy) is 1. The van der Waals surface area contributed by atoms with Gasteiger partial charge in [-0.05, 0) is 18.2 Å². The number of halogens is 1. The summed E-state index contributed by atoms with van der Waals surface area (Å²) in [4.78, 5) is 11.0. The fraction of sp³-hybridized carbons (Fsp3) is 0.222. The molecule has 1 aromatic rings. The van der Waals surface area contributed by atoms with E-state index in [1.807, 2.05) is 0 Å². The first-order valence-electron chi connectivity index (χ1n) is 3.86. The number of nitrogens with zero attached hydrogens (tertiary/aromatic N) is 1. The molecule has 0 aliphatic heterocycles. The molecule has 0 atom stereocenters. The molecule has 0 heterocycles. The summed E-state index contributed by atoms with van der Waals surface area (Å²) >= 11 is 0. The van der Waals surface area contributed by atoms with Crippen molar-refractivity contribution in [3.05, 3.63) is 29.6 Å². The van der Waals surface area contributed by atoms with Gasteiger partial charge in [0.1, 0.15) is 5.82 Å². The Morgan fingerprint density at radius 1 is 1.57 bits per heavy atom. The molecule has 0 unspecified atom stereocenters. The van der Waals surface area contributed by atoms with Crippen LogP contribution in [0.15, 0.2) is 18.2 Å². The number of benzene rings is 1. The van der Waals surface area contributed by atoms with Gasteiger partial charge in [-0.25, -0.2) is 9.18 Å². The lowest BCUT2D eigenvalue weighted by Crippen LogP contribution is -2.12. The molecule has 4 nitrogen and oxygen atoms in total. The molecule has 1 aromatic carbocycles. The molecule has 0 aliphatic carbocycles. The first-order chi connectivity index (χ1) is 6.56. The summed E-state index contributed by atoms with van der Waals surface area (Å²) in [6.45, 7) is 0. The van der Waals surface area contributed by atoms with E-state index in [0.29, 0.717) is 5.06 Å². The molecule has 14 heavy (non-hydrogen) atoms. The fourth-order valence-corrected chi connectivity index (χ4v) is 1.01. The minimum Gasteiger partial charge on any atom is -0.465 e. The van der Waals surface area contributed by atoms with Gasteiger partial charge < -0.3 is 4.74 Å². The highest BCUT2D eigenvalue weighted by Gasteiger charge is 2.11. The van der Waals surface area contributed by atoms with E-state index in [0.717, 1.165) is 6.07 Å². The summed E-state index contributed by atoms with van der Waals surface area (Å²) in [6.07, 6.45) is 0. The van der Waals surface area contributed by atoms with Crippen LogP contribution in [0.4, 0.5) is 10.1 Å². The normalized spacial score (nSPS) is 9.71. The average molecular weight is 199 g/mol. The van der Waals surface area contributed by atoms with Crippen LogP contribution in [-0.4, -0.2) is 25.3 Å². The molecule has 0 spiro atoms. The maximum Gasteiger partial charge on any atom is 0.337 e. The van der Waals surface area contributed by atoms with E-state index in [4.69, 9.17) is 5.21 Å². The zero-order chi connectivity index (χ0) is 10.7. The van der Waals surface area contributed by atoms with Gasteiger partial charge in [0.15, 0.2) is 0 Å². The van der Waals surface area contributed by atoms with Crippen LogP contribution < -0.4 is 5.06 Å². The van der Waals surface area contributed by atoms with Crippen molar-refractivity contribution in [1.82, 2.24) is 0 Å². The van der Waals surface area contributed by atoms with E-state index in [1.165, 1.54) is 26.3 Å². The lowest BCUT2D eigenvalue weighted by Gasteiger charge is -2.11. The predicted molar refractivity (Wildman–Crippen MR) is 47.9 cm³/mol. The van der Waals surface area contributed by atoms with E-state index in [1.54, 1.807) is 0 Å². The highest BCUT2D eigenvalue weighted by atomic mass is 19.1. The first kappa shape index (κ1) is 10.5. The molecule has 0 aromatic heterocycles. The zero-order valence-corrected chi connectivity index (χ0v) is 7.82. The molecule has 5 heteroatoms. The molecule has 0 bridgehead atoms. The van der Waals surface area contributed by atoms with Crippen LogP contribution >= 0.6 is 0 Å². The van der Waals surface area contributed by atoms with Crippen LogP contribution in [-0.2, 0) is 4.74 Å². The maximum absolute atomic E-state index is 13.2. The van der Waals surface area contributed by atoms with E-state index in [9.17, 15) is 9.18 Å². The Morgan fingerprint density at radius 2 is 2.21 bits per heavy atom. The Hall–Kier alpha value is -1.62. The highest BCUT2D eigenvalue weighted by Crippen LogP contribution is 2.18. The molecule has 0 radical (unpaired) electrons. The van der Waals surface area contributed by atoms with Crippen molar-refractivity contribution in [2.45, 2.75) is 0 Å². The van der Waals surface area contributed by atoms with Crippen molar-refractivity contribution in [1.29, 1.82) is 0 Å². The van der Waals surface area contributed by atoms with Crippen LogP contribution in [0.5, 0.6) is 0 Å². The summed E-state index contributed by atoms with van der Waals surface area (Å²) < 4.78 is 17.6. The molecule has 0 saturated carbocycles. The molecule has 76 valence electrons. The highest BCUT2D eigenvalue weighted by molar-refractivity contribution is 5.89. The second kappa shape index (κ2) is 4.06. The van der Waals surface area contributed by atoms with Crippen molar-refractivity contribution < 1.29 is 19.1 Å². The Labute approximate surface area is 80.5 Å². The first-order valence-corrected chi connectivity index (χ1v) is 3.86. The minimum atomic E-state index is -0.682. The van der Waals surface area contributed by atoms with Crippen molar-refractivity contribution in [2.75, 3.05) is 19.2 Å². The summed E-state index contributed by atoms with van der Waals surface area (Å²) in [5.74, 6) is -1.30. The largest absolute Gasteiger partial charge is 0.465 e. The third kappa shape index (κ3) is 2.00. The van der Waals surface area contributed by atoms with Crippen LogP contribution in [0, 0.1) is 5.82 Å². The van der Waals surface area contributed by atoms with Crippen LogP contribution in [0.25, 0.3) is 0 Å². The van der Waals surface area contributed by atoms with Gasteiger partial charge in [-0.2, -0.15) is 0 Å². The topological polar surface area (TPSA) is 49.8 Å². The van der Waals surface area contributed by atoms with Gasteiger partial charge in [-0.1, -0.05) is 0 Å². The third-order valence-corrected chi connectivity index (χ3v) is 1.72. The lowest BCUT2D eigenvalue weighted by molar-refractivity contribution is 0.0600. The second-order valence-corrected chi connectivity index (χ2v) is 2.68. The smallest absolute Gasteiger partial charge is 0.337 e. The molecular weight excluding hydrogens is 189 g/mol. The summed E-state index contributed by atoms with van der Waals surface area (Å²) in [5.41, 5.74) is 0.105. The van der Waals surface area contributed by atoms with E-state index >= 15 is 0 Å². The summed E-state index contributed by atoms with van der Waals surface area (Å²) in [5, 5.41) is 9.60. The Balaban J connectivity index is 3.06. The predicted octanol–water partition coefficient (Wildman–Crippen LogP) is 1.44. The van der Waals surface area contributed by atoms with Crippen molar-refractivity contribution in [2.24, 2.45) is 0 Å². The van der Waals surface area contributed by atoms with Gasteiger partial charge in [0.05, 0.1) is 18.4 Å². The van der Waals surface area contributed by atoms with Gasteiger partial charge in [-0.3, -0.25) is 10.3 Å². The van der Waals surface area contributed by atoms with Crippen LogP contribution in [0.1, 0.15) is 10.4 Å². The Morgan fingerprint density at radius 3 is 2.64 bits per heavy atom. The lowest BCUT2D eigenvalue weighted by atomic mass is 10.2. The number of rotatable bonds is 2. The fourth-order valence-electron chi connectivity index (χ4n) is 1.01. The summed E-state index contributed by atoms with van der Waals surface area (Å²) in [7, 11) is 2.50. The van der Waals surface area contributed by atoms with Gasteiger partial charge in [0.25, 0.3) is 0 Å². The van der Waals surface area contributed by atoms with Crippen molar-refractivity contribution >= 4 is 11.7 Å². The quantitative estimate of drug-likeness (QED) is 0.578. The molecule has 1 N–H and O–H groups in total. The number of methoxy groups -OCH3 is 1. The SMILES string of the molecule is COC(=O)c1ccc(N(C)O)c(F)c1. The number of carbonyl (C=O) groups is 1. The van der Waals surface area contributed by atoms with Gasteiger partial charge >= 0.3 is 5.97 Å². The molecule has 0 amide bonds. The number of hydrogen-bond acceptors (Lipinski definition) is 4. The number of esters is 1. The molecule has 0 saturated heterocycles. The van der Waals surface area contributed by atoms with Crippen molar-refractivity contribution in [3.8, 4) is 0 Å². The third-order valence-electron chi connectivity index (χ3n) is 1.72. The Bertz CT molecular complexity index is 352. The molecule has 0 fully saturated rings. The van der Waals surface area contributed by atoms with Gasteiger partial charge in [0.2, 0.25) is 0 Å². The zero-order valence-electron chi connectivity index (χ0n) is 7.82. The maximum atomic E-state index is 13.2. The number of carbonyl (C=O) groups excluding carboxylic acids is 1. The number of hydrogen-bond donors (Lipinski definition) is 1. The molecule has 1 rings (SSSR count). The monoisotopic (exact) mass is 199 g/mol. The second-order valence-electron chi connectivity index (χ2n) is 2.68. The minimum absolute atomic E-state index is 0.00217. The Kier molecular flexibility index (Phi) is 3.03. The molecular formula is C9H10FNO3. The number of anilines is 1. The van der Waals surface area contributed by atoms with E-state index in [2.05, 4.69) is 4.74 Å². The van der Waals surface area contributed by atoms with Gasteiger partial charge in [-0.15, -0.1) is 0 Å². The summed E-state index contributed by atoms with van der Waals surface area (Å²) in [6, 6.07) is 3.67. The van der Waals surface area contributed by atoms with E-state index in [-0.39, 0.29) is 11.3 Å². The van der Waals surface area contributed by atoms with Crippen LogP contribution in [0.3, 0.4) is 0 Å². The average Bonchev–Trinajstić information content (AvgIpc) is 2.15. The van der Waals surface area contributed by atoms with Crippen LogP contribution in [0.2, 0.25) is 0 Å².